The average molecular weight is 289 g/mol. The molecule has 3 aromatic rings. The molecule has 1 aliphatic rings. The predicted octanol–water partition coefficient (Wildman–Crippen LogP) is 3.43. The fourth-order valence-electron chi connectivity index (χ4n) is 3.13. The van der Waals surface area contributed by atoms with E-state index in [2.05, 4.69) is 22.4 Å². The highest BCUT2D eigenvalue weighted by atomic mass is 16.1. The summed E-state index contributed by atoms with van der Waals surface area (Å²) in [4.78, 5) is 12.6. The first-order valence-corrected chi connectivity index (χ1v) is 7.33. The molecule has 0 saturated carbocycles. The zero-order valence-electron chi connectivity index (χ0n) is 12.2. The van der Waals surface area contributed by atoms with Gasteiger partial charge in [-0.15, -0.1) is 5.10 Å². The van der Waals surface area contributed by atoms with Gasteiger partial charge in [-0.05, 0) is 18.6 Å². The molecular formula is C18H15N3O. The number of carbonyl (C=O) groups excluding carboxylic acids is 1. The van der Waals surface area contributed by atoms with Crippen LogP contribution in [-0.4, -0.2) is 20.8 Å². The molecule has 0 spiro atoms. The summed E-state index contributed by atoms with van der Waals surface area (Å²) in [5, 5.41) is 8.16. The van der Waals surface area contributed by atoms with E-state index >= 15 is 0 Å². The van der Waals surface area contributed by atoms with E-state index in [0.717, 1.165) is 27.9 Å². The van der Waals surface area contributed by atoms with Crippen LogP contribution < -0.4 is 0 Å². The summed E-state index contributed by atoms with van der Waals surface area (Å²) < 4.78 is 1.86. The van der Waals surface area contributed by atoms with Crippen LogP contribution in [-0.2, 0) is 0 Å². The summed E-state index contributed by atoms with van der Waals surface area (Å²) >= 11 is 0. The summed E-state index contributed by atoms with van der Waals surface area (Å²) in [5.41, 5.74) is 5.10. The van der Waals surface area contributed by atoms with Gasteiger partial charge in [0.05, 0.1) is 17.9 Å². The fourth-order valence-corrected chi connectivity index (χ4v) is 3.13. The number of hydrogen-bond donors (Lipinski definition) is 0. The van der Waals surface area contributed by atoms with Gasteiger partial charge in [0.25, 0.3) is 0 Å². The molecule has 0 bridgehead atoms. The molecule has 0 saturated heterocycles. The van der Waals surface area contributed by atoms with E-state index in [1.807, 2.05) is 48.0 Å². The van der Waals surface area contributed by atoms with E-state index in [1.165, 1.54) is 0 Å². The number of carbonyl (C=O) groups is 1. The van der Waals surface area contributed by atoms with Gasteiger partial charge in [-0.25, -0.2) is 4.68 Å². The molecule has 0 radical (unpaired) electrons. The summed E-state index contributed by atoms with van der Waals surface area (Å²) in [6.07, 6.45) is 2.16. The van der Waals surface area contributed by atoms with Crippen LogP contribution in [0.5, 0.6) is 0 Å². The number of aromatic nitrogens is 3. The van der Waals surface area contributed by atoms with Gasteiger partial charge in [-0.1, -0.05) is 53.2 Å². The molecule has 0 N–H and O–H groups in total. The van der Waals surface area contributed by atoms with Gasteiger partial charge in [0, 0.05) is 17.5 Å². The molecule has 4 nitrogen and oxygen atoms in total. The van der Waals surface area contributed by atoms with Crippen molar-refractivity contribution in [3.05, 3.63) is 71.4 Å². The van der Waals surface area contributed by atoms with Gasteiger partial charge in [-0.2, -0.15) is 0 Å². The lowest BCUT2D eigenvalue weighted by Crippen LogP contribution is -2.13. The molecule has 1 aliphatic heterocycles. The number of nitrogens with zero attached hydrogens (tertiary/aromatic N) is 3. The molecule has 0 fully saturated rings. The maximum absolute atomic E-state index is 12.6. The van der Waals surface area contributed by atoms with E-state index in [1.54, 1.807) is 6.20 Å². The van der Waals surface area contributed by atoms with Crippen LogP contribution in [0.25, 0.3) is 11.3 Å². The Labute approximate surface area is 128 Å². The Balaban J connectivity index is 1.71. The minimum atomic E-state index is -0.0679. The van der Waals surface area contributed by atoms with E-state index in [0.29, 0.717) is 6.42 Å². The third kappa shape index (κ3) is 1.96. The van der Waals surface area contributed by atoms with E-state index in [9.17, 15) is 4.79 Å². The molecule has 4 heteroatoms. The Bertz CT molecular complexity index is 866. The molecular weight excluding hydrogens is 274 g/mol. The molecule has 2 heterocycles. The largest absolute Gasteiger partial charge is 0.294 e. The topological polar surface area (TPSA) is 47.8 Å². The van der Waals surface area contributed by atoms with Crippen molar-refractivity contribution in [3.8, 4) is 11.3 Å². The van der Waals surface area contributed by atoms with Crippen molar-refractivity contribution < 1.29 is 4.79 Å². The van der Waals surface area contributed by atoms with Crippen molar-refractivity contribution in [2.24, 2.45) is 0 Å². The highest BCUT2D eigenvalue weighted by Gasteiger charge is 2.31. The van der Waals surface area contributed by atoms with Crippen molar-refractivity contribution in [2.75, 3.05) is 0 Å². The summed E-state index contributed by atoms with van der Waals surface area (Å²) in [6.45, 7) is 2.00. The predicted molar refractivity (Wildman–Crippen MR) is 83.7 cm³/mol. The number of ketones is 1. The van der Waals surface area contributed by atoms with E-state index in [-0.39, 0.29) is 11.8 Å². The maximum atomic E-state index is 12.6. The van der Waals surface area contributed by atoms with Crippen LogP contribution in [0.15, 0.2) is 54.7 Å². The van der Waals surface area contributed by atoms with E-state index in [4.69, 9.17) is 0 Å². The van der Waals surface area contributed by atoms with Crippen LogP contribution in [0, 0.1) is 6.92 Å². The minimum Gasteiger partial charge on any atom is -0.294 e. The van der Waals surface area contributed by atoms with Gasteiger partial charge in [0.15, 0.2) is 5.78 Å². The Kier molecular flexibility index (Phi) is 2.89. The van der Waals surface area contributed by atoms with Crippen molar-refractivity contribution in [1.82, 2.24) is 15.0 Å². The number of Topliss-reactive ketones (excluding diaryl/α,β-unsaturated/α-hetero) is 1. The SMILES string of the molecule is Cc1cccc(C(=O)CC2c3ccccc3-c3cnnn32)c1. The highest BCUT2D eigenvalue weighted by Crippen LogP contribution is 2.40. The fraction of sp³-hybridized carbons (Fsp3) is 0.167. The first kappa shape index (κ1) is 13.0. The zero-order valence-corrected chi connectivity index (χ0v) is 12.2. The van der Waals surface area contributed by atoms with Gasteiger partial charge < -0.3 is 0 Å². The lowest BCUT2D eigenvalue weighted by Gasteiger charge is -2.12. The maximum Gasteiger partial charge on any atom is 0.165 e. The van der Waals surface area contributed by atoms with Crippen LogP contribution in [0.3, 0.4) is 0 Å². The van der Waals surface area contributed by atoms with Gasteiger partial charge >= 0.3 is 0 Å². The normalized spacial score (nSPS) is 15.4. The molecule has 108 valence electrons. The van der Waals surface area contributed by atoms with Crippen molar-refractivity contribution >= 4 is 5.78 Å². The Hall–Kier alpha value is -2.75. The summed E-state index contributed by atoms with van der Waals surface area (Å²) in [7, 11) is 0. The smallest absolute Gasteiger partial charge is 0.165 e. The average Bonchev–Trinajstić information content (AvgIpc) is 3.10. The Morgan fingerprint density at radius 2 is 2.05 bits per heavy atom. The third-order valence-corrected chi connectivity index (χ3v) is 4.18. The molecule has 1 aromatic heterocycles. The molecule has 0 aliphatic carbocycles. The molecule has 2 aromatic carbocycles. The van der Waals surface area contributed by atoms with Crippen LogP contribution >= 0.6 is 0 Å². The Morgan fingerprint density at radius 1 is 1.18 bits per heavy atom. The molecule has 1 unspecified atom stereocenters. The summed E-state index contributed by atoms with van der Waals surface area (Å²) in [5.74, 6) is 0.131. The van der Waals surface area contributed by atoms with Gasteiger partial charge in [0.2, 0.25) is 0 Å². The monoisotopic (exact) mass is 289 g/mol. The highest BCUT2D eigenvalue weighted by molar-refractivity contribution is 5.97. The first-order valence-electron chi connectivity index (χ1n) is 7.33. The van der Waals surface area contributed by atoms with Crippen LogP contribution in [0.1, 0.15) is 33.9 Å². The lowest BCUT2D eigenvalue weighted by molar-refractivity contribution is 0.0968. The second-order valence-electron chi connectivity index (χ2n) is 5.66. The zero-order chi connectivity index (χ0) is 15.1. The standard InChI is InChI=1S/C18H15N3O/c1-12-5-4-6-13(9-12)18(22)10-16-14-7-2-3-8-15(14)17-11-19-20-21(16)17/h2-9,11,16H,10H2,1H3. The quantitative estimate of drug-likeness (QED) is 0.694. The van der Waals surface area contributed by atoms with Crippen LogP contribution in [0.2, 0.25) is 0 Å². The number of benzene rings is 2. The van der Waals surface area contributed by atoms with Crippen LogP contribution in [0.4, 0.5) is 0 Å². The number of rotatable bonds is 3. The Morgan fingerprint density at radius 3 is 2.91 bits per heavy atom. The number of hydrogen-bond acceptors (Lipinski definition) is 3. The second-order valence-corrected chi connectivity index (χ2v) is 5.66. The summed E-state index contributed by atoms with van der Waals surface area (Å²) in [6, 6.07) is 15.8. The minimum absolute atomic E-state index is 0.0679. The van der Waals surface area contributed by atoms with Gasteiger partial charge in [-0.3, -0.25) is 4.79 Å². The van der Waals surface area contributed by atoms with Crippen molar-refractivity contribution in [3.63, 3.8) is 0 Å². The van der Waals surface area contributed by atoms with Gasteiger partial charge in [0.1, 0.15) is 0 Å². The lowest BCUT2D eigenvalue weighted by atomic mass is 9.96. The van der Waals surface area contributed by atoms with E-state index < -0.39 is 0 Å². The molecule has 22 heavy (non-hydrogen) atoms. The molecule has 1 atom stereocenters. The molecule has 4 rings (SSSR count). The first-order chi connectivity index (χ1) is 10.7. The molecule has 0 amide bonds. The van der Waals surface area contributed by atoms with Crippen molar-refractivity contribution in [1.29, 1.82) is 0 Å². The third-order valence-electron chi connectivity index (χ3n) is 4.18. The number of aryl methyl sites for hydroxylation is 1. The number of fused-ring (bicyclic) bond motifs is 3. The second kappa shape index (κ2) is 4.91. The van der Waals surface area contributed by atoms with Crippen molar-refractivity contribution in [2.45, 2.75) is 19.4 Å².